The highest BCUT2D eigenvalue weighted by atomic mass is 35.5. The molecule has 2 amide bonds. The Balaban J connectivity index is 1.67. The van der Waals surface area contributed by atoms with E-state index < -0.39 is 0 Å². The fraction of sp³-hybridized carbons (Fsp3) is 0. The number of carbonyl (C=O) groups is 2. The van der Waals surface area contributed by atoms with Crippen molar-refractivity contribution in [2.75, 3.05) is 10.6 Å². The van der Waals surface area contributed by atoms with E-state index >= 15 is 0 Å². The van der Waals surface area contributed by atoms with E-state index in [9.17, 15) is 9.59 Å². The molecule has 0 aliphatic carbocycles. The van der Waals surface area contributed by atoms with Gasteiger partial charge in [-0.05, 0) is 48.5 Å². The maximum Gasteiger partial charge on any atom is 0.257 e. The molecule has 0 saturated carbocycles. The highest BCUT2D eigenvalue weighted by Gasteiger charge is 2.10. The van der Waals surface area contributed by atoms with Gasteiger partial charge in [-0.15, -0.1) is 0 Å². The Labute approximate surface area is 150 Å². The Hall–Kier alpha value is -3.11. The van der Waals surface area contributed by atoms with Gasteiger partial charge >= 0.3 is 0 Å². The Morgan fingerprint density at radius 2 is 1.20 bits per heavy atom. The summed E-state index contributed by atoms with van der Waals surface area (Å²) in [4.78, 5) is 24.4. The number of hydrogen-bond donors (Lipinski definition) is 2. The van der Waals surface area contributed by atoms with Crippen LogP contribution in [-0.4, -0.2) is 11.8 Å². The van der Waals surface area contributed by atoms with Crippen LogP contribution in [-0.2, 0) is 0 Å². The monoisotopic (exact) mass is 350 g/mol. The fourth-order valence-electron chi connectivity index (χ4n) is 2.27. The number of nitrogens with one attached hydrogen (secondary N) is 2. The smallest absolute Gasteiger partial charge is 0.257 e. The molecule has 0 saturated heterocycles. The molecule has 0 fully saturated rings. The van der Waals surface area contributed by atoms with Crippen LogP contribution in [0.4, 0.5) is 11.4 Å². The van der Waals surface area contributed by atoms with E-state index in [-0.39, 0.29) is 11.8 Å². The minimum absolute atomic E-state index is 0.213. The van der Waals surface area contributed by atoms with Gasteiger partial charge in [0.15, 0.2) is 0 Å². The largest absolute Gasteiger partial charge is 0.322 e. The third-order valence-corrected chi connectivity index (χ3v) is 3.88. The van der Waals surface area contributed by atoms with Crippen LogP contribution in [0.5, 0.6) is 0 Å². The lowest BCUT2D eigenvalue weighted by molar-refractivity contribution is 0.102. The Kier molecular flexibility index (Phi) is 5.11. The summed E-state index contributed by atoms with van der Waals surface area (Å²) in [6, 6.07) is 22.7. The van der Waals surface area contributed by atoms with E-state index in [4.69, 9.17) is 11.6 Å². The van der Waals surface area contributed by atoms with Gasteiger partial charge in [-0.2, -0.15) is 0 Å². The highest BCUT2D eigenvalue weighted by Crippen LogP contribution is 2.18. The molecule has 0 aliphatic rings. The van der Waals surface area contributed by atoms with Crippen molar-refractivity contribution in [3.63, 3.8) is 0 Å². The molecule has 3 aromatic carbocycles. The second-order valence-corrected chi connectivity index (χ2v) is 5.74. The van der Waals surface area contributed by atoms with Gasteiger partial charge in [0.1, 0.15) is 0 Å². The zero-order chi connectivity index (χ0) is 17.6. The third-order valence-electron chi connectivity index (χ3n) is 3.56. The summed E-state index contributed by atoms with van der Waals surface area (Å²) in [5.74, 6) is -0.512. The van der Waals surface area contributed by atoms with Crippen molar-refractivity contribution in [1.82, 2.24) is 0 Å². The fourth-order valence-corrected chi connectivity index (χ4v) is 2.50. The average Bonchev–Trinajstić information content (AvgIpc) is 2.63. The number of hydrogen-bond acceptors (Lipinski definition) is 2. The van der Waals surface area contributed by atoms with Crippen LogP contribution < -0.4 is 10.6 Å². The molecule has 0 bridgehead atoms. The van der Waals surface area contributed by atoms with E-state index in [0.29, 0.717) is 21.8 Å². The summed E-state index contributed by atoms with van der Waals surface area (Å²) in [6.45, 7) is 0. The molecule has 4 nitrogen and oxygen atoms in total. The van der Waals surface area contributed by atoms with Gasteiger partial charge in [-0.1, -0.05) is 41.9 Å². The van der Waals surface area contributed by atoms with Crippen molar-refractivity contribution in [1.29, 1.82) is 0 Å². The molecule has 2 N–H and O–H groups in total. The van der Waals surface area contributed by atoms with Crippen molar-refractivity contribution < 1.29 is 9.59 Å². The molecule has 0 unspecified atom stereocenters. The van der Waals surface area contributed by atoms with Gasteiger partial charge < -0.3 is 10.6 Å². The average molecular weight is 351 g/mol. The van der Waals surface area contributed by atoms with E-state index in [2.05, 4.69) is 10.6 Å². The zero-order valence-electron chi connectivity index (χ0n) is 13.2. The summed E-state index contributed by atoms with van der Waals surface area (Å²) in [5.41, 5.74) is 2.21. The number of para-hydroxylation sites is 1. The van der Waals surface area contributed by atoms with E-state index in [1.165, 1.54) is 0 Å². The molecule has 3 aromatic rings. The minimum Gasteiger partial charge on any atom is -0.322 e. The van der Waals surface area contributed by atoms with Gasteiger partial charge in [-0.25, -0.2) is 0 Å². The summed E-state index contributed by atoms with van der Waals surface area (Å²) in [5, 5.41) is 5.96. The normalized spacial score (nSPS) is 10.1. The molecule has 124 valence electrons. The molecule has 0 spiro atoms. The first-order chi connectivity index (χ1) is 12.1. The molecule has 0 aliphatic heterocycles. The Morgan fingerprint density at radius 1 is 0.640 bits per heavy atom. The first-order valence-electron chi connectivity index (χ1n) is 7.66. The second kappa shape index (κ2) is 7.64. The third kappa shape index (κ3) is 4.25. The zero-order valence-corrected chi connectivity index (χ0v) is 14.0. The van der Waals surface area contributed by atoms with Gasteiger partial charge in [-0.3, -0.25) is 9.59 Å². The molecular formula is C20H15ClN2O2. The number of halogens is 1. The first-order valence-corrected chi connectivity index (χ1v) is 8.03. The summed E-state index contributed by atoms with van der Waals surface area (Å²) in [7, 11) is 0. The van der Waals surface area contributed by atoms with Gasteiger partial charge in [0.25, 0.3) is 11.8 Å². The van der Waals surface area contributed by atoms with Crippen LogP contribution >= 0.6 is 11.6 Å². The standard InChI is InChI=1S/C20H15ClN2O2/c21-18-9-5-4-8-17(18)20(25)23-16-12-10-14(11-13-16)19(24)22-15-6-2-1-3-7-15/h1-13H,(H,22,24)(H,23,25). The van der Waals surface area contributed by atoms with Crippen LogP contribution in [0.25, 0.3) is 0 Å². The first kappa shape index (κ1) is 16.7. The summed E-state index contributed by atoms with van der Waals surface area (Å²) in [6.07, 6.45) is 0. The van der Waals surface area contributed by atoms with Crippen LogP contribution in [0.1, 0.15) is 20.7 Å². The van der Waals surface area contributed by atoms with Gasteiger partial charge in [0, 0.05) is 16.9 Å². The predicted molar refractivity (Wildman–Crippen MR) is 100 cm³/mol. The van der Waals surface area contributed by atoms with Crippen molar-refractivity contribution in [3.05, 3.63) is 95.0 Å². The molecule has 0 radical (unpaired) electrons. The van der Waals surface area contributed by atoms with Crippen molar-refractivity contribution in [2.24, 2.45) is 0 Å². The van der Waals surface area contributed by atoms with Crippen LogP contribution in [0.3, 0.4) is 0 Å². The van der Waals surface area contributed by atoms with Crippen molar-refractivity contribution in [3.8, 4) is 0 Å². The minimum atomic E-state index is -0.299. The maximum atomic E-state index is 12.2. The van der Waals surface area contributed by atoms with Crippen LogP contribution in [0.2, 0.25) is 5.02 Å². The predicted octanol–water partition coefficient (Wildman–Crippen LogP) is 4.84. The number of benzene rings is 3. The molecular weight excluding hydrogens is 336 g/mol. The lowest BCUT2D eigenvalue weighted by atomic mass is 10.1. The Morgan fingerprint density at radius 3 is 1.88 bits per heavy atom. The molecule has 0 aromatic heterocycles. The van der Waals surface area contributed by atoms with Gasteiger partial charge in [0.2, 0.25) is 0 Å². The lowest BCUT2D eigenvalue weighted by Crippen LogP contribution is -2.14. The SMILES string of the molecule is O=C(Nc1ccccc1)c1ccc(NC(=O)c2ccccc2Cl)cc1. The van der Waals surface area contributed by atoms with Crippen LogP contribution in [0.15, 0.2) is 78.9 Å². The van der Waals surface area contributed by atoms with E-state index in [1.807, 2.05) is 30.3 Å². The maximum absolute atomic E-state index is 12.2. The second-order valence-electron chi connectivity index (χ2n) is 5.33. The number of anilines is 2. The van der Waals surface area contributed by atoms with Crippen molar-refractivity contribution in [2.45, 2.75) is 0 Å². The van der Waals surface area contributed by atoms with E-state index in [1.54, 1.807) is 48.5 Å². The molecule has 3 rings (SSSR count). The van der Waals surface area contributed by atoms with Crippen LogP contribution in [0, 0.1) is 0 Å². The molecule has 0 heterocycles. The number of amides is 2. The number of rotatable bonds is 4. The Bertz CT molecular complexity index is 893. The summed E-state index contributed by atoms with van der Waals surface area (Å²) < 4.78 is 0. The van der Waals surface area contributed by atoms with Crippen molar-refractivity contribution >= 4 is 34.8 Å². The molecule has 5 heteroatoms. The topological polar surface area (TPSA) is 58.2 Å². The quantitative estimate of drug-likeness (QED) is 0.707. The van der Waals surface area contributed by atoms with E-state index in [0.717, 1.165) is 5.69 Å². The highest BCUT2D eigenvalue weighted by molar-refractivity contribution is 6.34. The summed E-state index contributed by atoms with van der Waals surface area (Å²) >= 11 is 6.02. The molecule has 25 heavy (non-hydrogen) atoms. The lowest BCUT2D eigenvalue weighted by Gasteiger charge is -2.08. The number of carbonyl (C=O) groups excluding carboxylic acids is 2. The molecule has 0 atom stereocenters. The van der Waals surface area contributed by atoms with Gasteiger partial charge in [0.05, 0.1) is 10.6 Å².